The summed E-state index contributed by atoms with van der Waals surface area (Å²) in [6, 6.07) is 0. The van der Waals surface area contributed by atoms with E-state index in [1.165, 1.54) is 18.1 Å². The fraction of sp³-hybridized carbons (Fsp3) is 0.773. The Morgan fingerprint density at radius 3 is 2.52 bits per heavy atom. The maximum Gasteiger partial charge on any atom is 0.303 e. The van der Waals surface area contributed by atoms with E-state index in [9.17, 15) is 15.0 Å². The number of esters is 1. The molecule has 1 fully saturated rings. The van der Waals surface area contributed by atoms with E-state index in [2.05, 4.69) is 13.8 Å². The van der Waals surface area contributed by atoms with Crippen molar-refractivity contribution in [2.45, 2.75) is 110 Å². The summed E-state index contributed by atoms with van der Waals surface area (Å²) in [4.78, 5) is 11.5. The number of carbonyl (C=O) groups is 1. The lowest BCUT2D eigenvalue weighted by atomic mass is 9.84. The maximum absolute atomic E-state index is 11.5. The molecule has 0 unspecified atom stereocenters. The van der Waals surface area contributed by atoms with E-state index in [0.29, 0.717) is 32.1 Å². The molecule has 1 aliphatic carbocycles. The number of carbonyl (C=O) groups excluding carboxylic acids is 1. The Morgan fingerprint density at radius 1 is 1.26 bits per heavy atom. The SMILES string of the molecule is CC(=O)O[C@H]1CC/C(C)=C/C[C@H](O)[C@]2(C)O[C@H]2CC(=C(C)C)CC[C@@]1(C)O. The van der Waals surface area contributed by atoms with Crippen molar-refractivity contribution in [3.8, 4) is 0 Å². The lowest BCUT2D eigenvalue weighted by Gasteiger charge is -2.33. The van der Waals surface area contributed by atoms with Crippen LogP contribution >= 0.6 is 0 Å². The first-order chi connectivity index (χ1) is 12.5. The van der Waals surface area contributed by atoms with Crippen molar-refractivity contribution in [1.82, 2.24) is 0 Å². The lowest BCUT2D eigenvalue weighted by Crippen LogP contribution is -2.42. The van der Waals surface area contributed by atoms with E-state index in [4.69, 9.17) is 9.47 Å². The van der Waals surface area contributed by atoms with E-state index in [1.807, 2.05) is 19.9 Å². The molecule has 5 heteroatoms. The molecule has 0 spiro atoms. The molecule has 0 amide bonds. The van der Waals surface area contributed by atoms with Gasteiger partial charge in [0.05, 0.1) is 17.8 Å². The second kappa shape index (κ2) is 8.46. The molecule has 1 aliphatic heterocycles. The minimum atomic E-state index is -1.09. The zero-order valence-corrected chi connectivity index (χ0v) is 17.7. The highest BCUT2D eigenvalue weighted by Crippen LogP contribution is 2.45. The smallest absolute Gasteiger partial charge is 0.303 e. The molecule has 0 bridgehead atoms. The number of allylic oxidation sites excluding steroid dienone is 2. The van der Waals surface area contributed by atoms with Crippen LogP contribution in [-0.4, -0.2) is 45.7 Å². The average Bonchev–Trinajstić information content (AvgIpc) is 3.22. The van der Waals surface area contributed by atoms with Crippen LogP contribution in [0.5, 0.6) is 0 Å². The molecule has 5 nitrogen and oxygen atoms in total. The van der Waals surface area contributed by atoms with Crippen LogP contribution in [0.4, 0.5) is 0 Å². The van der Waals surface area contributed by atoms with Gasteiger partial charge in [-0.15, -0.1) is 0 Å². The molecule has 1 heterocycles. The van der Waals surface area contributed by atoms with Crippen LogP contribution in [-0.2, 0) is 14.3 Å². The van der Waals surface area contributed by atoms with Gasteiger partial charge in [0.2, 0.25) is 0 Å². The molecule has 0 aromatic rings. The first-order valence-electron chi connectivity index (χ1n) is 10.0. The van der Waals surface area contributed by atoms with Crippen molar-refractivity contribution in [3.63, 3.8) is 0 Å². The van der Waals surface area contributed by atoms with E-state index >= 15 is 0 Å². The van der Waals surface area contributed by atoms with E-state index in [0.717, 1.165) is 12.0 Å². The Hall–Kier alpha value is -1.17. The van der Waals surface area contributed by atoms with Crippen molar-refractivity contribution in [2.75, 3.05) is 0 Å². The van der Waals surface area contributed by atoms with Crippen molar-refractivity contribution in [2.24, 2.45) is 0 Å². The van der Waals surface area contributed by atoms with Crippen LogP contribution in [0.1, 0.15) is 80.1 Å². The zero-order chi connectivity index (χ0) is 20.4. The molecule has 2 rings (SSSR count). The number of aliphatic hydroxyl groups excluding tert-OH is 1. The predicted octanol–water partition coefficient (Wildman–Crippen LogP) is 3.82. The molecule has 2 N–H and O–H groups in total. The number of ether oxygens (including phenoxy) is 2. The summed E-state index contributed by atoms with van der Waals surface area (Å²) in [6.45, 7) is 11.3. The van der Waals surface area contributed by atoms with Crippen LogP contribution in [0.15, 0.2) is 22.8 Å². The average molecular weight is 381 g/mol. The fourth-order valence-corrected chi connectivity index (χ4v) is 3.86. The third kappa shape index (κ3) is 5.66. The van der Waals surface area contributed by atoms with Gasteiger partial charge in [0, 0.05) is 6.92 Å². The number of hydrogen-bond acceptors (Lipinski definition) is 5. The molecular weight excluding hydrogens is 344 g/mol. The summed E-state index contributed by atoms with van der Waals surface area (Å²) >= 11 is 0. The van der Waals surface area contributed by atoms with Gasteiger partial charge in [-0.25, -0.2) is 0 Å². The van der Waals surface area contributed by atoms with Gasteiger partial charge in [-0.2, -0.15) is 0 Å². The Morgan fingerprint density at radius 2 is 1.93 bits per heavy atom. The van der Waals surface area contributed by atoms with Crippen LogP contribution in [0.3, 0.4) is 0 Å². The summed E-state index contributed by atoms with van der Waals surface area (Å²) < 4.78 is 11.4. The highest BCUT2D eigenvalue weighted by molar-refractivity contribution is 5.66. The Labute approximate surface area is 163 Å². The van der Waals surface area contributed by atoms with E-state index < -0.39 is 23.4 Å². The number of fused-ring (bicyclic) bond motifs is 1. The Bertz CT molecular complexity index is 614. The molecule has 0 radical (unpaired) electrons. The van der Waals surface area contributed by atoms with Crippen molar-refractivity contribution < 1.29 is 24.5 Å². The van der Waals surface area contributed by atoms with Gasteiger partial charge in [0.15, 0.2) is 0 Å². The van der Waals surface area contributed by atoms with Crippen LogP contribution in [0.25, 0.3) is 0 Å². The fourth-order valence-electron chi connectivity index (χ4n) is 3.86. The topological polar surface area (TPSA) is 79.3 Å². The number of epoxide rings is 1. The van der Waals surface area contributed by atoms with Crippen LogP contribution in [0.2, 0.25) is 0 Å². The second-order valence-corrected chi connectivity index (χ2v) is 8.89. The van der Waals surface area contributed by atoms with Crippen LogP contribution < -0.4 is 0 Å². The first kappa shape index (κ1) is 22.1. The predicted molar refractivity (Wildman–Crippen MR) is 105 cm³/mol. The summed E-state index contributed by atoms with van der Waals surface area (Å²) in [6.07, 6.45) is 4.74. The molecule has 5 atom stereocenters. The molecule has 1 saturated heterocycles. The molecule has 0 aromatic heterocycles. The second-order valence-electron chi connectivity index (χ2n) is 8.89. The third-order valence-corrected chi connectivity index (χ3v) is 6.20. The zero-order valence-electron chi connectivity index (χ0n) is 17.7. The van der Waals surface area contributed by atoms with Gasteiger partial charge >= 0.3 is 5.97 Å². The maximum atomic E-state index is 11.5. The number of hydrogen-bond donors (Lipinski definition) is 2. The standard InChI is InChI=1S/C22H36O5/c1-14(2)17-11-12-21(5,25)19(26-16(4)23)10-8-15(3)7-9-18(24)22(6)20(13-17)27-22/h7,18-20,24-25H,8-13H2,1-6H3/b15-7+/t18-,19-,20-,21+,22-/m0/s1. The Balaban J connectivity index is 2.27. The molecule has 2 aliphatic rings. The van der Waals surface area contributed by atoms with Gasteiger partial charge in [0.25, 0.3) is 0 Å². The summed E-state index contributed by atoms with van der Waals surface area (Å²) in [7, 11) is 0. The molecule has 0 aromatic carbocycles. The third-order valence-electron chi connectivity index (χ3n) is 6.20. The van der Waals surface area contributed by atoms with Gasteiger partial charge in [0.1, 0.15) is 11.7 Å². The van der Waals surface area contributed by atoms with Gasteiger partial charge in [-0.3, -0.25) is 4.79 Å². The van der Waals surface area contributed by atoms with Crippen molar-refractivity contribution in [3.05, 3.63) is 22.8 Å². The van der Waals surface area contributed by atoms with E-state index in [-0.39, 0.29) is 12.1 Å². The summed E-state index contributed by atoms with van der Waals surface area (Å²) in [5.74, 6) is -0.372. The Kier molecular flexibility index (Phi) is 6.93. The largest absolute Gasteiger partial charge is 0.459 e. The van der Waals surface area contributed by atoms with Gasteiger partial charge < -0.3 is 19.7 Å². The van der Waals surface area contributed by atoms with E-state index in [1.54, 1.807) is 6.92 Å². The molecule has 0 saturated carbocycles. The molecule has 154 valence electrons. The highest BCUT2D eigenvalue weighted by atomic mass is 16.6. The van der Waals surface area contributed by atoms with Gasteiger partial charge in [-0.1, -0.05) is 22.8 Å². The number of aliphatic hydroxyl groups is 2. The first-order valence-corrected chi connectivity index (χ1v) is 10.0. The summed E-state index contributed by atoms with van der Waals surface area (Å²) in [5.41, 5.74) is 1.98. The lowest BCUT2D eigenvalue weighted by molar-refractivity contribution is -0.162. The minimum Gasteiger partial charge on any atom is -0.459 e. The van der Waals surface area contributed by atoms with Gasteiger partial charge in [-0.05, 0) is 73.1 Å². The van der Waals surface area contributed by atoms with Crippen molar-refractivity contribution >= 4 is 5.97 Å². The summed E-state index contributed by atoms with van der Waals surface area (Å²) in [5, 5.41) is 21.6. The highest BCUT2D eigenvalue weighted by Gasteiger charge is 2.56. The molecule has 27 heavy (non-hydrogen) atoms. The monoisotopic (exact) mass is 380 g/mol. The molecular formula is C22H36O5. The van der Waals surface area contributed by atoms with Crippen molar-refractivity contribution in [1.29, 1.82) is 0 Å². The quantitative estimate of drug-likeness (QED) is 0.411. The number of rotatable bonds is 1. The van der Waals surface area contributed by atoms with Crippen LogP contribution in [0, 0.1) is 0 Å². The normalized spacial score (nSPS) is 40.2. The minimum absolute atomic E-state index is 0.00302.